The summed E-state index contributed by atoms with van der Waals surface area (Å²) in [6.07, 6.45) is 1.51. The molecule has 0 unspecified atom stereocenters. The number of hydrogen-bond donors (Lipinski definition) is 1. The standard InChI is InChI=1S/C20H29F2NO3.ClH/c1-12(2)11-25-19-13(3)26-20(24)18(23)6-4-5-15(19)9-14-7-8-16(21)10-17(14)22;/h7-8,10,12-13,15,18-19H,4-6,9,11,23H2,1-3H3;1H/t13-,15+,18-,19-;/m0./s1. The molecule has 154 valence electrons. The van der Waals surface area contributed by atoms with Gasteiger partial charge in [-0.05, 0) is 49.7 Å². The van der Waals surface area contributed by atoms with Gasteiger partial charge in [0.2, 0.25) is 0 Å². The third kappa shape index (κ3) is 7.01. The lowest BCUT2D eigenvalue weighted by Gasteiger charge is -2.32. The van der Waals surface area contributed by atoms with Gasteiger partial charge in [0.15, 0.2) is 0 Å². The summed E-state index contributed by atoms with van der Waals surface area (Å²) in [5.41, 5.74) is 6.31. The van der Waals surface area contributed by atoms with Crippen molar-refractivity contribution in [1.82, 2.24) is 0 Å². The minimum Gasteiger partial charge on any atom is -0.459 e. The molecular weight excluding hydrogens is 376 g/mol. The van der Waals surface area contributed by atoms with Crippen LogP contribution < -0.4 is 5.73 Å². The summed E-state index contributed by atoms with van der Waals surface area (Å²) < 4.78 is 38.9. The second-order valence-corrected chi connectivity index (χ2v) is 7.57. The highest BCUT2D eigenvalue weighted by Gasteiger charge is 2.34. The molecule has 1 aromatic rings. The Kier molecular flexibility index (Phi) is 9.63. The quantitative estimate of drug-likeness (QED) is 0.751. The van der Waals surface area contributed by atoms with Crippen LogP contribution in [0.5, 0.6) is 0 Å². The Labute approximate surface area is 166 Å². The molecule has 0 spiro atoms. The number of benzene rings is 1. The molecule has 2 rings (SSSR count). The summed E-state index contributed by atoms with van der Waals surface area (Å²) in [6, 6.07) is 2.98. The molecule has 0 aliphatic carbocycles. The topological polar surface area (TPSA) is 61.5 Å². The number of cyclic esters (lactones) is 1. The summed E-state index contributed by atoms with van der Waals surface area (Å²) in [5.74, 6) is -1.32. The van der Waals surface area contributed by atoms with Crippen molar-refractivity contribution in [2.24, 2.45) is 17.6 Å². The molecule has 4 atom stereocenters. The number of rotatable bonds is 5. The molecule has 0 radical (unpaired) electrons. The van der Waals surface area contributed by atoms with E-state index in [-0.39, 0.29) is 24.4 Å². The number of halogens is 3. The van der Waals surface area contributed by atoms with E-state index in [1.54, 1.807) is 6.92 Å². The van der Waals surface area contributed by atoms with Gasteiger partial charge in [0.25, 0.3) is 0 Å². The van der Waals surface area contributed by atoms with Gasteiger partial charge in [-0.3, -0.25) is 4.79 Å². The van der Waals surface area contributed by atoms with E-state index in [9.17, 15) is 13.6 Å². The number of esters is 1. The van der Waals surface area contributed by atoms with Crippen molar-refractivity contribution in [1.29, 1.82) is 0 Å². The zero-order valence-electron chi connectivity index (χ0n) is 16.1. The van der Waals surface area contributed by atoms with Crippen molar-refractivity contribution in [3.05, 3.63) is 35.4 Å². The fourth-order valence-corrected chi connectivity index (χ4v) is 3.37. The maximum absolute atomic E-state index is 14.1. The van der Waals surface area contributed by atoms with Crippen LogP contribution in [-0.2, 0) is 20.7 Å². The van der Waals surface area contributed by atoms with Crippen LogP contribution in [0, 0.1) is 23.5 Å². The van der Waals surface area contributed by atoms with Gasteiger partial charge in [0, 0.05) is 12.7 Å². The molecule has 27 heavy (non-hydrogen) atoms. The lowest BCUT2D eigenvalue weighted by Crippen LogP contribution is -2.41. The summed E-state index contributed by atoms with van der Waals surface area (Å²) in [4.78, 5) is 12.1. The zero-order valence-corrected chi connectivity index (χ0v) is 16.9. The fraction of sp³-hybridized carbons (Fsp3) is 0.650. The van der Waals surface area contributed by atoms with E-state index in [4.69, 9.17) is 15.2 Å². The molecule has 1 fully saturated rings. The molecule has 0 saturated carbocycles. The van der Waals surface area contributed by atoms with Crippen LogP contribution in [0.3, 0.4) is 0 Å². The molecule has 4 nitrogen and oxygen atoms in total. The van der Waals surface area contributed by atoms with Crippen LogP contribution in [-0.4, -0.2) is 30.8 Å². The van der Waals surface area contributed by atoms with Gasteiger partial charge in [-0.25, -0.2) is 8.78 Å². The van der Waals surface area contributed by atoms with Crippen LogP contribution in [0.1, 0.15) is 45.6 Å². The Balaban J connectivity index is 0.00000364. The number of ether oxygens (including phenoxy) is 2. The smallest absolute Gasteiger partial charge is 0.323 e. The zero-order chi connectivity index (χ0) is 19.3. The van der Waals surface area contributed by atoms with Gasteiger partial charge in [-0.2, -0.15) is 0 Å². The lowest BCUT2D eigenvalue weighted by atomic mass is 9.86. The largest absolute Gasteiger partial charge is 0.459 e. The highest BCUT2D eigenvalue weighted by Crippen LogP contribution is 2.28. The number of carbonyl (C=O) groups excluding carboxylic acids is 1. The molecule has 1 aliphatic heterocycles. The Morgan fingerprint density at radius 3 is 2.63 bits per heavy atom. The predicted molar refractivity (Wildman–Crippen MR) is 103 cm³/mol. The Bertz CT molecular complexity index is 615. The van der Waals surface area contributed by atoms with Crippen LogP contribution in [0.15, 0.2) is 18.2 Å². The van der Waals surface area contributed by atoms with E-state index in [1.165, 1.54) is 12.1 Å². The van der Waals surface area contributed by atoms with Gasteiger partial charge in [-0.15, -0.1) is 12.4 Å². The van der Waals surface area contributed by atoms with Gasteiger partial charge < -0.3 is 15.2 Å². The second kappa shape index (κ2) is 10.9. The van der Waals surface area contributed by atoms with Crippen molar-refractivity contribution < 1.29 is 23.0 Å². The van der Waals surface area contributed by atoms with Crippen LogP contribution >= 0.6 is 12.4 Å². The van der Waals surface area contributed by atoms with E-state index in [0.29, 0.717) is 30.9 Å². The summed E-state index contributed by atoms with van der Waals surface area (Å²) in [7, 11) is 0. The van der Waals surface area contributed by atoms with Crippen molar-refractivity contribution in [2.45, 2.75) is 64.7 Å². The fourth-order valence-electron chi connectivity index (χ4n) is 3.37. The first-order chi connectivity index (χ1) is 12.3. The summed E-state index contributed by atoms with van der Waals surface area (Å²) in [6.45, 7) is 6.38. The second-order valence-electron chi connectivity index (χ2n) is 7.57. The maximum atomic E-state index is 14.1. The first-order valence-corrected chi connectivity index (χ1v) is 9.29. The monoisotopic (exact) mass is 405 g/mol. The Morgan fingerprint density at radius 2 is 2.00 bits per heavy atom. The molecule has 2 N–H and O–H groups in total. The summed E-state index contributed by atoms with van der Waals surface area (Å²) in [5, 5.41) is 0. The first kappa shape index (κ1) is 23.8. The van der Waals surface area contributed by atoms with Gasteiger partial charge in [0.05, 0.1) is 6.10 Å². The van der Waals surface area contributed by atoms with E-state index in [1.807, 2.05) is 13.8 Å². The Hall–Kier alpha value is -1.24. The number of hydrogen-bond acceptors (Lipinski definition) is 4. The Morgan fingerprint density at radius 1 is 1.30 bits per heavy atom. The molecule has 0 aromatic heterocycles. The average molecular weight is 406 g/mol. The molecule has 0 bridgehead atoms. The molecule has 1 saturated heterocycles. The SMILES string of the molecule is CC(C)CO[C@@H]1[C@@H](Cc2ccc(F)cc2F)CCC[C@H](N)C(=O)O[C@H]1C.Cl. The van der Waals surface area contributed by atoms with Crippen molar-refractivity contribution >= 4 is 18.4 Å². The molecule has 1 aromatic carbocycles. The minimum absolute atomic E-state index is 0. The van der Waals surface area contributed by atoms with Crippen molar-refractivity contribution in [3.63, 3.8) is 0 Å². The molecule has 7 heteroatoms. The predicted octanol–water partition coefficient (Wildman–Crippen LogP) is 4.03. The van der Waals surface area contributed by atoms with Gasteiger partial charge >= 0.3 is 5.97 Å². The molecule has 0 amide bonds. The van der Waals surface area contributed by atoms with E-state index in [0.717, 1.165) is 18.9 Å². The van der Waals surface area contributed by atoms with Crippen molar-refractivity contribution in [2.75, 3.05) is 6.61 Å². The number of carbonyl (C=O) groups is 1. The highest BCUT2D eigenvalue weighted by molar-refractivity contribution is 5.85. The first-order valence-electron chi connectivity index (χ1n) is 9.29. The maximum Gasteiger partial charge on any atom is 0.323 e. The van der Waals surface area contributed by atoms with Gasteiger partial charge in [-0.1, -0.05) is 26.3 Å². The van der Waals surface area contributed by atoms with E-state index >= 15 is 0 Å². The molecular formula is C20H30ClF2NO3. The van der Waals surface area contributed by atoms with Crippen LogP contribution in [0.2, 0.25) is 0 Å². The van der Waals surface area contributed by atoms with Crippen molar-refractivity contribution in [3.8, 4) is 0 Å². The lowest BCUT2D eigenvalue weighted by molar-refractivity contribution is -0.160. The van der Waals surface area contributed by atoms with E-state index in [2.05, 4.69) is 0 Å². The number of nitrogens with two attached hydrogens (primary N) is 1. The third-order valence-electron chi connectivity index (χ3n) is 4.74. The highest BCUT2D eigenvalue weighted by atomic mass is 35.5. The molecule has 1 aliphatic rings. The van der Waals surface area contributed by atoms with E-state index < -0.39 is 29.7 Å². The third-order valence-corrected chi connectivity index (χ3v) is 4.74. The average Bonchev–Trinajstić information content (AvgIpc) is 2.60. The van der Waals surface area contributed by atoms with Crippen LogP contribution in [0.4, 0.5) is 8.78 Å². The minimum atomic E-state index is -0.649. The van der Waals surface area contributed by atoms with Crippen LogP contribution in [0.25, 0.3) is 0 Å². The normalized spacial score (nSPS) is 26.6. The molecule has 1 heterocycles. The van der Waals surface area contributed by atoms with Gasteiger partial charge in [0.1, 0.15) is 23.8 Å². The summed E-state index contributed by atoms with van der Waals surface area (Å²) >= 11 is 0.